The minimum Gasteiger partial charge on any atom is -0.484 e. The summed E-state index contributed by atoms with van der Waals surface area (Å²) in [5, 5.41) is 2.85. The number of carbonyl (C=O) groups is 1. The maximum absolute atomic E-state index is 13.0. The van der Waals surface area contributed by atoms with E-state index in [0.29, 0.717) is 18.3 Å². The van der Waals surface area contributed by atoms with Crippen LogP contribution < -0.4 is 10.1 Å². The molecule has 2 aromatic rings. The van der Waals surface area contributed by atoms with Crippen LogP contribution in [0.2, 0.25) is 0 Å². The number of amides is 1. The second-order valence-corrected chi connectivity index (χ2v) is 6.02. The van der Waals surface area contributed by atoms with Crippen LogP contribution in [-0.4, -0.2) is 17.1 Å². The second-order valence-electron chi connectivity index (χ2n) is 6.02. The first-order chi connectivity index (χ1) is 11.0. The van der Waals surface area contributed by atoms with Gasteiger partial charge in [-0.25, -0.2) is 4.39 Å². The fraction of sp³-hybridized carbons (Fsp3) is 0.389. The molecule has 0 atom stereocenters. The summed E-state index contributed by atoms with van der Waals surface area (Å²) in [7, 11) is 0. The van der Waals surface area contributed by atoms with Crippen molar-refractivity contribution < 1.29 is 13.9 Å². The number of ether oxygens (including phenoxy) is 1. The highest BCUT2D eigenvalue weighted by Crippen LogP contribution is 2.38. The quantitative estimate of drug-likeness (QED) is 0.889. The number of nitrogens with one attached hydrogen (secondary N) is 1. The van der Waals surface area contributed by atoms with E-state index in [2.05, 4.69) is 29.8 Å². The Morgan fingerprint density at radius 3 is 2.83 bits per heavy atom. The van der Waals surface area contributed by atoms with Crippen LogP contribution in [0.15, 0.2) is 30.3 Å². The van der Waals surface area contributed by atoms with Gasteiger partial charge in [-0.2, -0.15) is 0 Å². The van der Waals surface area contributed by atoms with Crippen molar-refractivity contribution in [2.45, 2.75) is 39.3 Å². The molecule has 0 bridgehead atoms. The van der Waals surface area contributed by atoms with E-state index >= 15 is 0 Å². The molecule has 1 aromatic heterocycles. The van der Waals surface area contributed by atoms with Crippen LogP contribution in [0.4, 0.5) is 4.39 Å². The highest BCUT2D eigenvalue weighted by molar-refractivity contribution is 5.77. The molecule has 1 heterocycles. The molecule has 23 heavy (non-hydrogen) atoms. The van der Waals surface area contributed by atoms with E-state index in [9.17, 15) is 9.18 Å². The maximum atomic E-state index is 13.0. The van der Waals surface area contributed by atoms with Crippen molar-refractivity contribution in [3.8, 4) is 5.75 Å². The van der Waals surface area contributed by atoms with Crippen molar-refractivity contribution in [2.75, 3.05) is 6.61 Å². The Hall–Kier alpha value is -2.30. The first-order valence-corrected chi connectivity index (χ1v) is 7.87. The number of hydrogen-bond acceptors (Lipinski definition) is 2. The number of aromatic nitrogens is 1. The Labute approximate surface area is 135 Å². The molecule has 0 saturated heterocycles. The van der Waals surface area contributed by atoms with Crippen molar-refractivity contribution in [2.24, 2.45) is 0 Å². The molecule has 0 unspecified atom stereocenters. The Balaban J connectivity index is 1.52. The van der Waals surface area contributed by atoms with Crippen molar-refractivity contribution in [1.29, 1.82) is 0 Å². The smallest absolute Gasteiger partial charge is 0.258 e. The summed E-state index contributed by atoms with van der Waals surface area (Å²) in [6.45, 7) is 4.56. The molecule has 5 heteroatoms. The second kappa shape index (κ2) is 6.44. The van der Waals surface area contributed by atoms with E-state index in [-0.39, 0.29) is 18.3 Å². The number of halogens is 1. The van der Waals surface area contributed by atoms with E-state index < -0.39 is 0 Å². The molecule has 0 aliphatic heterocycles. The van der Waals surface area contributed by atoms with E-state index in [0.717, 1.165) is 5.56 Å². The Morgan fingerprint density at radius 1 is 1.35 bits per heavy atom. The van der Waals surface area contributed by atoms with Crippen LogP contribution in [0.1, 0.15) is 35.8 Å². The number of benzene rings is 1. The van der Waals surface area contributed by atoms with Crippen LogP contribution in [-0.2, 0) is 11.3 Å². The molecule has 1 amide bonds. The molecule has 0 radical (unpaired) electrons. The van der Waals surface area contributed by atoms with Crippen molar-refractivity contribution >= 4 is 5.91 Å². The third-order valence-corrected chi connectivity index (χ3v) is 4.14. The normalized spacial score (nSPS) is 13.9. The molecule has 1 saturated carbocycles. The SMILES string of the molecule is Cc1cc(CNC(=O)COc2cccc(F)c2)c(C)n1C1CC1. The summed E-state index contributed by atoms with van der Waals surface area (Å²) in [5.74, 6) is -0.243. The number of hydrogen-bond donors (Lipinski definition) is 1. The third kappa shape index (κ3) is 3.73. The van der Waals surface area contributed by atoms with Gasteiger partial charge in [0, 0.05) is 30.0 Å². The number of aryl methyl sites for hydroxylation is 1. The predicted octanol–water partition coefficient (Wildman–Crippen LogP) is 3.27. The number of rotatable bonds is 6. The van der Waals surface area contributed by atoms with Crippen molar-refractivity contribution in [3.63, 3.8) is 0 Å². The summed E-state index contributed by atoms with van der Waals surface area (Å²) < 4.78 is 20.7. The summed E-state index contributed by atoms with van der Waals surface area (Å²) in [4.78, 5) is 11.9. The lowest BCUT2D eigenvalue weighted by Gasteiger charge is -2.09. The highest BCUT2D eigenvalue weighted by Gasteiger charge is 2.26. The first-order valence-electron chi connectivity index (χ1n) is 7.87. The average molecular weight is 316 g/mol. The molecule has 1 aromatic carbocycles. The molecular formula is C18H21FN2O2. The molecular weight excluding hydrogens is 295 g/mol. The lowest BCUT2D eigenvalue weighted by Crippen LogP contribution is -2.28. The van der Waals surface area contributed by atoms with Gasteiger partial charge in [0.25, 0.3) is 5.91 Å². The fourth-order valence-corrected chi connectivity index (χ4v) is 2.87. The maximum Gasteiger partial charge on any atom is 0.258 e. The molecule has 1 N–H and O–H groups in total. The van der Waals surface area contributed by atoms with Gasteiger partial charge in [-0.05, 0) is 50.5 Å². The van der Waals surface area contributed by atoms with Gasteiger partial charge in [0.2, 0.25) is 0 Å². The lowest BCUT2D eigenvalue weighted by atomic mass is 10.2. The zero-order chi connectivity index (χ0) is 16.4. The van der Waals surface area contributed by atoms with Gasteiger partial charge in [-0.1, -0.05) is 6.07 Å². The Morgan fingerprint density at radius 2 is 2.13 bits per heavy atom. The molecule has 1 aliphatic rings. The van der Waals surface area contributed by atoms with Gasteiger partial charge in [0.1, 0.15) is 11.6 Å². The van der Waals surface area contributed by atoms with E-state index in [1.54, 1.807) is 12.1 Å². The van der Waals surface area contributed by atoms with E-state index in [1.807, 2.05) is 0 Å². The van der Waals surface area contributed by atoms with Gasteiger partial charge >= 0.3 is 0 Å². The van der Waals surface area contributed by atoms with Gasteiger partial charge in [0.15, 0.2) is 6.61 Å². The van der Waals surface area contributed by atoms with Crippen molar-refractivity contribution in [1.82, 2.24) is 9.88 Å². The van der Waals surface area contributed by atoms with Crippen LogP contribution in [0.5, 0.6) is 5.75 Å². The fourth-order valence-electron chi connectivity index (χ4n) is 2.87. The summed E-state index contributed by atoms with van der Waals surface area (Å²) in [6, 6.07) is 8.53. The molecule has 4 nitrogen and oxygen atoms in total. The molecule has 0 spiro atoms. The monoisotopic (exact) mass is 316 g/mol. The molecule has 122 valence electrons. The zero-order valence-corrected chi connectivity index (χ0v) is 13.4. The molecule has 1 fully saturated rings. The average Bonchev–Trinajstić information content (AvgIpc) is 3.30. The minimum atomic E-state index is -0.379. The van der Waals surface area contributed by atoms with Gasteiger partial charge in [-0.15, -0.1) is 0 Å². The highest BCUT2D eigenvalue weighted by atomic mass is 19.1. The Kier molecular flexibility index (Phi) is 4.37. The minimum absolute atomic E-state index is 0.120. The van der Waals surface area contributed by atoms with Crippen molar-refractivity contribution in [3.05, 3.63) is 53.1 Å². The van der Waals surface area contributed by atoms with E-state index in [4.69, 9.17) is 4.74 Å². The van der Waals surface area contributed by atoms with Gasteiger partial charge < -0.3 is 14.6 Å². The summed E-state index contributed by atoms with van der Waals surface area (Å²) in [5.41, 5.74) is 3.59. The molecule has 1 aliphatic carbocycles. The number of nitrogens with zero attached hydrogens (tertiary/aromatic N) is 1. The van der Waals surface area contributed by atoms with Crippen LogP contribution in [0.25, 0.3) is 0 Å². The van der Waals surface area contributed by atoms with Gasteiger partial charge in [0.05, 0.1) is 0 Å². The molecule has 3 rings (SSSR count). The third-order valence-electron chi connectivity index (χ3n) is 4.14. The van der Waals surface area contributed by atoms with Gasteiger partial charge in [-0.3, -0.25) is 4.79 Å². The summed E-state index contributed by atoms with van der Waals surface area (Å²) >= 11 is 0. The Bertz CT molecular complexity index is 720. The summed E-state index contributed by atoms with van der Waals surface area (Å²) in [6.07, 6.45) is 2.48. The standard InChI is InChI=1S/C18H21FN2O2/c1-12-8-14(13(2)21(12)16-6-7-16)10-20-18(22)11-23-17-5-3-4-15(19)9-17/h3-5,8-9,16H,6-7,10-11H2,1-2H3,(H,20,22). The first kappa shape index (κ1) is 15.6. The number of carbonyl (C=O) groups excluding carboxylic acids is 1. The largest absolute Gasteiger partial charge is 0.484 e. The van der Waals surface area contributed by atoms with E-state index in [1.165, 1.54) is 36.4 Å². The van der Waals surface area contributed by atoms with Crippen LogP contribution in [0.3, 0.4) is 0 Å². The zero-order valence-electron chi connectivity index (χ0n) is 13.4. The topological polar surface area (TPSA) is 43.3 Å². The van der Waals surface area contributed by atoms with Crippen LogP contribution in [0, 0.1) is 19.7 Å². The van der Waals surface area contributed by atoms with Crippen LogP contribution >= 0.6 is 0 Å². The lowest BCUT2D eigenvalue weighted by molar-refractivity contribution is -0.123. The predicted molar refractivity (Wildman–Crippen MR) is 85.9 cm³/mol.